The van der Waals surface area contributed by atoms with Gasteiger partial charge >= 0.3 is 0 Å². The van der Waals surface area contributed by atoms with Crippen molar-refractivity contribution >= 4 is 16.8 Å². The lowest BCUT2D eigenvalue weighted by Gasteiger charge is -2.28. The maximum atomic E-state index is 13.2. The van der Waals surface area contributed by atoms with Gasteiger partial charge in [-0.2, -0.15) is 0 Å². The van der Waals surface area contributed by atoms with E-state index in [9.17, 15) is 4.79 Å². The molecule has 0 aliphatic carbocycles. The quantitative estimate of drug-likeness (QED) is 0.787. The van der Waals surface area contributed by atoms with E-state index in [-0.39, 0.29) is 5.91 Å². The Hall–Kier alpha value is -2.76. The summed E-state index contributed by atoms with van der Waals surface area (Å²) in [4.78, 5) is 22.5. The summed E-state index contributed by atoms with van der Waals surface area (Å²) in [6.45, 7) is 4.74. The van der Waals surface area contributed by atoms with Gasteiger partial charge in [0.15, 0.2) is 0 Å². The summed E-state index contributed by atoms with van der Waals surface area (Å²) in [5, 5.41) is 1.01. The topological polar surface area (TPSA) is 63.1 Å². The van der Waals surface area contributed by atoms with Gasteiger partial charge in [0.2, 0.25) is 0 Å². The zero-order valence-electron chi connectivity index (χ0n) is 13.5. The molecule has 0 spiro atoms. The molecular weight excluding hydrogens is 304 g/mol. The van der Waals surface area contributed by atoms with Crippen LogP contribution in [0.5, 0.6) is 5.75 Å². The minimum absolute atomic E-state index is 0.0986. The fourth-order valence-electron chi connectivity index (χ4n) is 3.92. The van der Waals surface area contributed by atoms with E-state index in [0.717, 1.165) is 58.8 Å². The Balaban J connectivity index is 1.62. The van der Waals surface area contributed by atoms with Crippen molar-refractivity contribution in [3.8, 4) is 5.75 Å². The van der Waals surface area contributed by atoms with E-state index in [4.69, 9.17) is 4.74 Å². The first-order chi connectivity index (χ1) is 11.7. The summed E-state index contributed by atoms with van der Waals surface area (Å²) in [5.41, 5.74) is 5.02. The molecule has 1 aromatic carbocycles. The third-order valence-corrected chi connectivity index (χ3v) is 5.12. The van der Waals surface area contributed by atoms with E-state index >= 15 is 0 Å². The van der Waals surface area contributed by atoms with Crippen LogP contribution in [0, 0.1) is 6.92 Å². The van der Waals surface area contributed by atoms with Gasteiger partial charge < -0.3 is 19.2 Å². The van der Waals surface area contributed by atoms with Crippen LogP contribution in [0.4, 0.5) is 0 Å². The second-order valence-electron chi connectivity index (χ2n) is 6.43. The number of nitrogens with zero attached hydrogens (tertiary/aromatic N) is 3. The number of aryl methyl sites for hydroxylation is 1. The fraction of sp³-hybridized carbons (Fsp3) is 0.333. The predicted molar refractivity (Wildman–Crippen MR) is 89.2 cm³/mol. The highest BCUT2D eigenvalue weighted by atomic mass is 16.5. The molecule has 122 valence electrons. The van der Waals surface area contributed by atoms with Crippen molar-refractivity contribution in [2.24, 2.45) is 0 Å². The largest absolute Gasteiger partial charge is 0.490 e. The third kappa shape index (κ3) is 1.76. The van der Waals surface area contributed by atoms with Gasteiger partial charge in [-0.15, -0.1) is 0 Å². The van der Waals surface area contributed by atoms with Crippen LogP contribution in [0.3, 0.4) is 0 Å². The Labute approximate surface area is 139 Å². The van der Waals surface area contributed by atoms with Crippen LogP contribution in [0.1, 0.15) is 27.4 Å². The van der Waals surface area contributed by atoms with Crippen LogP contribution in [-0.4, -0.2) is 38.5 Å². The molecule has 0 saturated heterocycles. The Morgan fingerprint density at radius 1 is 1.33 bits per heavy atom. The number of fused-ring (bicyclic) bond motifs is 3. The molecule has 3 aromatic rings. The molecule has 6 heteroatoms. The number of aromatic nitrogens is 3. The summed E-state index contributed by atoms with van der Waals surface area (Å²) >= 11 is 0. The lowest BCUT2D eigenvalue weighted by molar-refractivity contribution is 0.0724. The number of H-pyrrole nitrogens is 1. The Morgan fingerprint density at radius 2 is 2.25 bits per heavy atom. The highest BCUT2D eigenvalue weighted by molar-refractivity contribution is 6.10. The molecule has 2 aromatic heterocycles. The van der Waals surface area contributed by atoms with Gasteiger partial charge in [-0.3, -0.25) is 4.79 Å². The van der Waals surface area contributed by atoms with Crippen molar-refractivity contribution in [2.75, 3.05) is 13.2 Å². The number of para-hydroxylation sites is 1. The third-order valence-electron chi connectivity index (χ3n) is 5.12. The van der Waals surface area contributed by atoms with E-state index in [1.165, 1.54) is 0 Å². The molecule has 6 nitrogen and oxygen atoms in total. The second-order valence-corrected chi connectivity index (χ2v) is 6.43. The highest BCUT2D eigenvalue weighted by Crippen LogP contribution is 2.37. The van der Waals surface area contributed by atoms with E-state index in [2.05, 4.69) is 14.5 Å². The number of ether oxygens (including phenoxy) is 1. The van der Waals surface area contributed by atoms with Crippen LogP contribution in [0.25, 0.3) is 10.9 Å². The van der Waals surface area contributed by atoms with E-state index in [1.54, 1.807) is 6.33 Å². The number of benzene rings is 1. The zero-order chi connectivity index (χ0) is 16.3. The first-order valence-corrected chi connectivity index (χ1v) is 8.29. The van der Waals surface area contributed by atoms with Gasteiger partial charge in [-0.05, 0) is 13.0 Å². The summed E-state index contributed by atoms with van der Waals surface area (Å²) in [5.74, 6) is 0.983. The van der Waals surface area contributed by atoms with Crippen LogP contribution < -0.4 is 4.74 Å². The molecule has 1 amide bonds. The Bertz CT molecular complexity index is 969. The molecular formula is C18H18N4O2. The van der Waals surface area contributed by atoms with Gasteiger partial charge in [-0.1, -0.05) is 12.1 Å². The van der Waals surface area contributed by atoms with Crippen molar-refractivity contribution < 1.29 is 9.53 Å². The zero-order valence-corrected chi connectivity index (χ0v) is 13.5. The maximum absolute atomic E-state index is 13.2. The predicted octanol–water partition coefficient (Wildman–Crippen LogP) is 2.26. The number of hydrogen-bond acceptors (Lipinski definition) is 3. The molecule has 0 saturated carbocycles. The van der Waals surface area contributed by atoms with Gasteiger partial charge in [0, 0.05) is 29.7 Å². The molecule has 0 fully saturated rings. The SMILES string of the molecule is Cc1[nH]cnc1CN1CCc2c(c3cccc4c3n2CCO4)C1=O. The van der Waals surface area contributed by atoms with Crippen molar-refractivity contribution in [1.29, 1.82) is 0 Å². The Kier molecular flexibility index (Phi) is 2.77. The Morgan fingerprint density at radius 3 is 3.08 bits per heavy atom. The molecule has 2 aliphatic heterocycles. The van der Waals surface area contributed by atoms with Gasteiger partial charge in [0.05, 0.1) is 36.2 Å². The monoisotopic (exact) mass is 322 g/mol. The summed E-state index contributed by atoms with van der Waals surface area (Å²) in [7, 11) is 0. The summed E-state index contributed by atoms with van der Waals surface area (Å²) in [6, 6.07) is 5.99. The van der Waals surface area contributed by atoms with Crippen LogP contribution in [0.2, 0.25) is 0 Å². The highest BCUT2D eigenvalue weighted by Gasteiger charge is 2.33. The van der Waals surface area contributed by atoms with Crippen LogP contribution >= 0.6 is 0 Å². The van der Waals surface area contributed by atoms with Crippen LogP contribution in [0.15, 0.2) is 24.5 Å². The molecule has 24 heavy (non-hydrogen) atoms. The molecule has 2 aliphatic rings. The smallest absolute Gasteiger partial charge is 0.256 e. The van der Waals surface area contributed by atoms with Crippen molar-refractivity contribution in [3.05, 3.63) is 47.2 Å². The van der Waals surface area contributed by atoms with Gasteiger partial charge in [-0.25, -0.2) is 4.98 Å². The number of imidazole rings is 1. The molecule has 4 heterocycles. The maximum Gasteiger partial charge on any atom is 0.256 e. The molecule has 0 atom stereocenters. The number of hydrogen-bond donors (Lipinski definition) is 1. The van der Waals surface area contributed by atoms with Gasteiger partial charge in [0.1, 0.15) is 12.4 Å². The van der Waals surface area contributed by atoms with E-state index in [0.29, 0.717) is 13.2 Å². The average Bonchev–Trinajstić information content (AvgIpc) is 3.15. The van der Waals surface area contributed by atoms with Crippen molar-refractivity contribution in [1.82, 2.24) is 19.4 Å². The molecule has 0 unspecified atom stereocenters. The minimum atomic E-state index is 0.0986. The fourth-order valence-corrected chi connectivity index (χ4v) is 3.92. The average molecular weight is 322 g/mol. The number of amides is 1. The van der Waals surface area contributed by atoms with E-state index in [1.807, 2.05) is 30.0 Å². The number of nitrogens with one attached hydrogen (secondary N) is 1. The van der Waals surface area contributed by atoms with Gasteiger partial charge in [0.25, 0.3) is 5.91 Å². The van der Waals surface area contributed by atoms with Crippen molar-refractivity contribution in [3.63, 3.8) is 0 Å². The number of carbonyl (C=O) groups excluding carboxylic acids is 1. The standard InChI is InChI=1S/C18H18N4O2/c1-11-13(20-10-19-11)9-21-6-5-14-16(18(21)23)12-3-2-4-15-17(12)22(14)7-8-24-15/h2-4,10H,5-9H2,1H3,(H,19,20). The minimum Gasteiger partial charge on any atom is -0.490 e. The van der Waals surface area contributed by atoms with Crippen molar-refractivity contribution in [2.45, 2.75) is 26.4 Å². The molecule has 1 N–H and O–H groups in total. The number of carbonyl (C=O) groups is 1. The lowest BCUT2D eigenvalue weighted by atomic mass is 10.0. The normalized spacial score (nSPS) is 16.4. The molecule has 5 rings (SSSR count). The first-order valence-electron chi connectivity index (χ1n) is 8.29. The first kappa shape index (κ1) is 13.7. The lowest BCUT2D eigenvalue weighted by Crippen LogP contribution is -2.37. The molecule has 0 bridgehead atoms. The summed E-state index contributed by atoms with van der Waals surface area (Å²) in [6.07, 6.45) is 2.56. The second kappa shape index (κ2) is 4.87. The number of rotatable bonds is 2. The molecule has 0 radical (unpaired) electrons. The van der Waals surface area contributed by atoms with Crippen LogP contribution in [-0.2, 0) is 19.5 Å². The van der Waals surface area contributed by atoms with E-state index < -0.39 is 0 Å². The summed E-state index contributed by atoms with van der Waals surface area (Å²) < 4.78 is 8.05. The number of aromatic amines is 1.